The van der Waals surface area contributed by atoms with E-state index in [1.807, 2.05) is 6.92 Å². The topological polar surface area (TPSA) is 38.3 Å². The summed E-state index contributed by atoms with van der Waals surface area (Å²) >= 11 is 0. The Balaban J connectivity index is 2.17. The average molecular weight is 185 g/mol. The van der Waals surface area contributed by atoms with Gasteiger partial charge in [0.2, 0.25) is 0 Å². The molecule has 0 bridgehead atoms. The fourth-order valence-corrected chi connectivity index (χ4v) is 1.59. The molecule has 1 saturated carbocycles. The summed E-state index contributed by atoms with van der Waals surface area (Å²) in [6, 6.07) is 0.236. The van der Waals surface area contributed by atoms with Gasteiger partial charge in [-0.3, -0.25) is 4.79 Å². The fourth-order valence-electron chi connectivity index (χ4n) is 1.59. The van der Waals surface area contributed by atoms with E-state index in [4.69, 9.17) is 0 Å². The van der Waals surface area contributed by atoms with Gasteiger partial charge >= 0.3 is 5.97 Å². The number of hydrogen-bond donors (Lipinski definition) is 1. The molecule has 1 unspecified atom stereocenters. The van der Waals surface area contributed by atoms with Crippen LogP contribution in [0.2, 0.25) is 0 Å². The van der Waals surface area contributed by atoms with Crippen LogP contribution in [0.15, 0.2) is 0 Å². The standard InChI is InChI=1S/C10H19NO2/c1-7(6-9-4-5-9)11-8(2)10(12)13-3/h7-9,11H,4-6H2,1-3H3/t7?,8-/m0/s1. The summed E-state index contributed by atoms with van der Waals surface area (Å²) in [4.78, 5) is 11.1. The van der Waals surface area contributed by atoms with Gasteiger partial charge in [-0.1, -0.05) is 12.8 Å². The molecule has 0 spiro atoms. The van der Waals surface area contributed by atoms with Gasteiger partial charge in [-0.15, -0.1) is 0 Å². The lowest BCUT2D eigenvalue weighted by Gasteiger charge is -2.17. The van der Waals surface area contributed by atoms with Crippen LogP contribution >= 0.6 is 0 Å². The lowest BCUT2D eigenvalue weighted by atomic mass is 10.1. The van der Waals surface area contributed by atoms with Crippen molar-refractivity contribution >= 4 is 5.97 Å². The van der Waals surface area contributed by atoms with Crippen LogP contribution in [0, 0.1) is 5.92 Å². The largest absolute Gasteiger partial charge is 0.468 e. The van der Waals surface area contributed by atoms with E-state index >= 15 is 0 Å². The molecule has 1 rings (SSSR count). The molecule has 0 aromatic heterocycles. The van der Waals surface area contributed by atoms with Crippen molar-refractivity contribution in [1.29, 1.82) is 0 Å². The highest BCUT2D eigenvalue weighted by Crippen LogP contribution is 2.33. The normalized spacial score (nSPS) is 20.8. The summed E-state index contributed by atoms with van der Waals surface area (Å²) in [5.41, 5.74) is 0. The Bertz CT molecular complexity index is 178. The zero-order valence-electron chi connectivity index (χ0n) is 8.67. The van der Waals surface area contributed by atoms with E-state index < -0.39 is 0 Å². The highest BCUT2D eigenvalue weighted by atomic mass is 16.5. The Morgan fingerprint density at radius 2 is 2.15 bits per heavy atom. The fraction of sp³-hybridized carbons (Fsp3) is 0.900. The Morgan fingerprint density at radius 1 is 1.54 bits per heavy atom. The first-order valence-corrected chi connectivity index (χ1v) is 4.97. The van der Waals surface area contributed by atoms with E-state index in [0.717, 1.165) is 5.92 Å². The molecule has 0 heterocycles. The van der Waals surface area contributed by atoms with Crippen molar-refractivity contribution in [1.82, 2.24) is 5.32 Å². The minimum absolute atomic E-state index is 0.178. The average Bonchev–Trinajstić information content (AvgIpc) is 2.86. The molecule has 3 nitrogen and oxygen atoms in total. The molecular weight excluding hydrogens is 166 g/mol. The molecule has 2 atom stereocenters. The Kier molecular flexibility index (Phi) is 3.72. The van der Waals surface area contributed by atoms with Gasteiger partial charge in [0.05, 0.1) is 7.11 Å². The Labute approximate surface area is 79.8 Å². The SMILES string of the molecule is COC(=O)[C@H](C)NC(C)CC1CC1. The van der Waals surface area contributed by atoms with Crippen LogP contribution in [-0.2, 0) is 9.53 Å². The second-order valence-electron chi connectivity index (χ2n) is 3.99. The molecule has 0 radical (unpaired) electrons. The monoisotopic (exact) mass is 185 g/mol. The molecule has 0 aromatic carbocycles. The minimum atomic E-state index is -0.182. The predicted molar refractivity (Wildman–Crippen MR) is 51.4 cm³/mol. The Hall–Kier alpha value is -0.570. The first-order chi connectivity index (χ1) is 6.13. The van der Waals surface area contributed by atoms with Gasteiger partial charge in [0.25, 0.3) is 0 Å². The molecule has 0 saturated heterocycles. The van der Waals surface area contributed by atoms with Crippen LogP contribution < -0.4 is 5.32 Å². The first kappa shape index (κ1) is 10.5. The summed E-state index contributed by atoms with van der Waals surface area (Å²) in [7, 11) is 1.42. The molecule has 0 aromatic rings. The highest BCUT2D eigenvalue weighted by molar-refractivity contribution is 5.75. The van der Waals surface area contributed by atoms with Gasteiger partial charge in [-0.2, -0.15) is 0 Å². The number of ether oxygens (including phenoxy) is 1. The van der Waals surface area contributed by atoms with Gasteiger partial charge in [0, 0.05) is 6.04 Å². The van der Waals surface area contributed by atoms with Crippen LogP contribution in [-0.4, -0.2) is 25.2 Å². The summed E-state index contributed by atoms with van der Waals surface area (Å²) < 4.78 is 4.63. The quantitative estimate of drug-likeness (QED) is 0.657. The van der Waals surface area contributed by atoms with Crippen molar-refractivity contribution in [3.63, 3.8) is 0 Å². The lowest BCUT2D eigenvalue weighted by molar-refractivity contribution is -0.142. The number of rotatable bonds is 5. The second-order valence-corrected chi connectivity index (χ2v) is 3.99. The molecule has 1 aliphatic carbocycles. The lowest BCUT2D eigenvalue weighted by Crippen LogP contribution is -2.40. The van der Waals surface area contributed by atoms with E-state index in [-0.39, 0.29) is 12.0 Å². The van der Waals surface area contributed by atoms with E-state index in [1.54, 1.807) is 0 Å². The highest BCUT2D eigenvalue weighted by Gasteiger charge is 2.25. The predicted octanol–water partition coefficient (Wildman–Crippen LogP) is 1.33. The maximum absolute atomic E-state index is 11.1. The third kappa shape index (κ3) is 3.77. The number of methoxy groups -OCH3 is 1. The van der Waals surface area contributed by atoms with Crippen molar-refractivity contribution in [2.75, 3.05) is 7.11 Å². The number of hydrogen-bond acceptors (Lipinski definition) is 3. The molecule has 1 N–H and O–H groups in total. The smallest absolute Gasteiger partial charge is 0.322 e. The molecule has 0 aliphatic heterocycles. The third-order valence-electron chi connectivity index (χ3n) is 2.47. The van der Waals surface area contributed by atoms with Crippen molar-refractivity contribution in [2.45, 2.75) is 45.2 Å². The van der Waals surface area contributed by atoms with E-state index in [0.29, 0.717) is 6.04 Å². The maximum Gasteiger partial charge on any atom is 0.322 e. The zero-order valence-corrected chi connectivity index (χ0v) is 8.67. The van der Waals surface area contributed by atoms with Crippen molar-refractivity contribution in [3.8, 4) is 0 Å². The molecule has 13 heavy (non-hydrogen) atoms. The van der Waals surface area contributed by atoms with Gasteiger partial charge < -0.3 is 10.1 Å². The first-order valence-electron chi connectivity index (χ1n) is 4.97. The van der Waals surface area contributed by atoms with Crippen molar-refractivity contribution in [2.24, 2.45) is 5.92 Å². The van der Waals surface area contributed by atoms with E-state index in [9.17, 15) is 4.79 Å². The number of nitrogens with one attached hydrogen (secondary N) is 1. The molecule has 3 heteroatoms. The van der Waals surface area contributed by atoms with E-state index in [2.05, 4.69) is 17.0 Å². The molecule has 76 valence electrons. The third-order valence-corrected chi connectivity index (χ3v) is 2.47. The van der Waals surface area contributed by atoms with Gasteiger partial charge in [-0.25, -0.2) is 0 Å². The molecular formula is C10H19NO2. The Morgan fingerprint density at radius 3 is 2.62 bits per heavy atom. The maximum atomic E-state index is 11.1. The summed E-state index contributed by atoms with van der Waals surface area (Å²) in [5, 5.41) is 3.23. The van der Waals surface area contributed by atoms with Crippen molar-refractivity contribution < 1.29 is 9.53 Å². The summed E-state index contributed by atoms with van der Waals surface area (Å²) in [6.07, 6.45) is 3.90. The van der Waals surface area contributed by atoms with E-state index in [1.165, 1.54) is 26.4 Å². The molecule has 1 fully saturated rings. The summed E-state index contributed by atoms with van der Waals surface area (Å²) in [5.74, 6) is 0.718. The van der Waals surface area contributed by atoms with Crippen LogP contribution in [0.1, 0.15) is 33.1 Å². The number of esters is 1. The van der Waals surface area contributed by atoms with Crippen LogP contribution in [0.4, 0.5) is 0 Å². The number of carbonyl (C=O) groups excluding carboxylic acids is 1. The zero-order chi connectivity index (χ0) is 9.84. The number of carbonyl (C=O) groups is 1. The van der Waals surface area contributed by atoms with Gasteiger partial charge in [-0.05, 0) is 26.2 Å². The second kappa shape index (κ2) is 4.61. The van der Waals surface area contributed by atoms with Gasteiger partial charge in [0.1, 0.15) is 6.04 Å². The molecule has 1 aliphatic rings. The van der Waals surface area contributed by atoms with Crippen LogP contribution in [0.3, 0.4) is 0 Å². The minimum Gasteiger partial charge on any atom is -0.468 e. The van der Waals surface area contributed by atoms with Gasteiger partial charge in [0.15, 0.2) is 0 Å². The van der Waals surface area contributed by atoms with Crippen molar-refractivity contribution in [3.05, 3.63) is 0 Å². The van der Waals surface area contributed by atoms with Crippen LogP contribution in [0.25, 0.3) is 0 Å². The molecule has 0 amide bonds. The van der Waals surface area contributed by atoms with Crippen LogP contribution in [0.5, 0.6) is 0 Å². The summed E-state index contributed by atoms with van der Waals surface area (Å²) in [6.45, 7) is 3.97.